The Kier molecular flexibility index (Phi) is 2.75. The summed E-state index contributed by atoms with van der Waals surface area (Å²) in [5.74, 6) is 0.780. The highest BCUT2D eigenvalue weighted by Gasteiger charge is 2.23. The summed E-state index contributed by atoms with van der Waals surface area (Å²) < 4.78 is 37.8. The number of hydrogen-bond acceptors (Lipinski definition) is 7. The van der Waals surface area contributed by atoms with E-state index in [1.807, 2.05) is 0 Å². The molecule has 1 aromatic carbocycles. The maximum absolute atomic E-state index is 14.3. The number of methoxy groups -OCH3 is 1. The lowest BCUT2D eigenvalue weighted by Crippen LogP contribution is -2.15. The number of halogens is 1. The van der Waals surface area contributed by atoms with Gasteiger partial charge in [-0.2, -0.15) is 0 Å². The van der Waals surface area contributed by atoms with Gasteiger partial charge in [0, 0.05) is 6.07 Å². The molecule has 122 valence electrons. The molecule has 24 heavy (non-hydrogen) atoms. The molecule has 0 saturated carbocycles. The SMILES string of the molecule is COc1nn2cc(-c3cc4c(F)cc5c(c4o3)OCCO5)nc2s1. The van der Waals surface area contributed by atoms with E-state index in [0.29, 0.717) is 57.3 Å². The summed E-state index contributed by atoms with van der Waals surface area (Å²) in [4.78, 5) is 5.10. The summed E-state index contributed by atoms with van der Waals surface area (Å²) in [5, 5.41) is 5.05. The van der Waals surface area contributed by atoms with Gasteiger partial charge in [0.25, 0.3) is 5.19 Å². The summed E-state index contributed by atoms with van der Waals surface area (Å²) in [5.41, 5.74) is 0.874. The van der Waals surface area contributed by atoms with E-state index in [1.165, 1.54) is 17.4 Å². The van der Waals surface area contributed by atoms with Gasteiger partial charge in [-0.15, -0.1) is 5.10 Å². The lowest BCUT2D eigenvalue weighted by atomic mass is 10.2. The zero-order chi connectivity index (χ0) is 16.3. The molecule has 0 fully saturated rings. The van der Waals surface area contributed by atoms with E-state index < -0.39 is 5.82 Å². The van der Waals surface area contributed by atoms with E-state index >= 15 is 0 Å². The van der Waals surface area contributed by atoms with Crippen LogP contribution in [0, 0.1) is 5.82 Å². The third kappa shape index (κ3) is 1.88. The average Bonchev–Trinajstić information content (AvgIpc) is 3.27. The molecule has 0 saturated heterocycles. The van der Waals surface area contributed by atoms with Gasteiger partial charge in [-0.25, -0.2) is 13.9 Å². The Labute approximate surface area is 138 Å². The minimum atomic E-state index is -0.426. The summed E-state index contributed by atoms with van der Waals surface area (Å²) in [6, 6.07) is 2.92. The first-order chi connectivity index (χ1) is 11.7. The molecule has 0 N–H and O–H groups in total. The molecular weight excluding hydrogens is 337 g/mol. The molecule has 1 aliphatic heterocycles. The Hall–Kier alpha value is -2.81. The predicted molar refractivity (Wildman–Crippen MR) is 83.6 cm³/mol. The summed E-state index contributed by atoms with van der Waals surface area (Å²) in [6.45, 7) is 0.782. The number of aromatic nitrogens is 3. The molecule has 4 heterocycles. The zero-order valence-corrected chi connectivity index (χ0v) is 13.2. The minimum absolute atomic E-state index is 0.321. The van der Waals surface area contributed by atoms with E-state index in [9.17, 15) is 4.39 Å². The Morgan fingerprint density at radius 1 is 1.29 bits per heavy atom. The van der Waals surface area contributed by atoms with Gasteiger partial charge < -0.3 is 18.6 Å². The van der Waals surface area contributed by atoms with Gasteiger partial charge in [0.1, 0.15) is 24.7 Å². The number of ether oxygens (including phenoxy) is 3. The maximum Gasteiger partial charge on any atom is 0.294 e. The zero-order valence-electron chi connectivity index (χ0n) is 12.4. The number of benzene rings is 1. The van der Waals surface area contributed by atoms with Crippen LogP contribution in [0.15, 0.2) is 22.7 Å². The fraction of sp³-hybridized carbons (Fsp3) is 0.200. The van der Waals surface area contributed by atoms with Crippen LogP contribution < -0.4 is 14.2 Å². The molecule has 0 aliphatic carbocycles. The van der Waals surface area contributed by atoms with Crippen LogP contribution in [0.5, 0.6) is 16.7 Å². The van der Waals surface area contributed by atoms with Gasteiger partial charge in [0.2, 0.25) is 10.7 Å². The van der Waals surface area contributed by atoms with Gasteiger partial charge in [-0.05, 0) is 17.4 Å². The third-order valence-corrected chi connectivity index (χ3v) is 4.60. The molecule has 1 aliphatic rings. The van der Waals surface area contributed by atoms with Crippen LogP contribution in [-0.4, -0.2) is 34.9 Å². The largest absolute Gasteiger partial charge is 0.486 e. The van der Waals surface area contributed by atoms with Crippen LogP contribution in [0.4, 0.5) is 4.39 Å². The Morgan fingerprint density at radius 2 is 2.17 bits per heavy atom. The molecule has 0 bridgehead atoms. The van der Waals surface area contributed by atoms with Gasteiger partial charge in [-0.3, -0.25) is 0 Å². The van der Waals surface area contributed by atoms with Crippen molar-refractivity contribution in [2.24, 2.45) is 0 Å². The molecule has 5 rings (SSSR count). The average molecular weight is 347 g/mol. The van der Waals surface area contributed by atoms with Crippen molar-refractivity contribution in [3.8, 4) is 28.1 Å². The minimum Gasteiger partial charge on any atom is -0.486 e. The molecule has 7 nitrogen and oxygen atoms in total. The van der Waals surface area contributed by atoms with Crippen molar-refractivity contribution in [2.75, 3.05) is 20.3 Å². The van der Waals surface area contributed by atoms with Crippen molar-refractivity contribution in [1.29, 1.82) is 0 Å². The lowest BCUT2D eigenvalue weighted by molar-refractivity contribution is 0.171. The maximum atomic E-state index is 14.3. The Morgan fingerprint density at radius 3 is 3.00 bits per heavy atom. The quantitative estimate of drug-likeness (QED) is 0.555. The molecule has 0 spiro atoms. The van der Waals surface area contributed by atoms with Crippen LogP contribution in [0.1, 0.15) is 0 Å². The first-order valence-corrected chi connectivity index (χ1v) is 7.97. The standard InChI is InChI=1S/C15H10FN3O4S/c1-20-15-18-19-6-9(17-14(19)24-15)10-4-7-8(16)5-11-13(12(7)23-10)22-3-2-21-11/h4-6H,2-3H2,1H3. The first-order valence-electron chi connectivity index (χ1n) is 7.15. The molecule has 0 radical (unpaired) electrons. The first kappa shape index (κ1) is 13.6. The Bertz CT molecular complexity index is 1050. The van der Waals surface area contributed by atoms with Crippen LogP contribution >= 0.6 is 11.3 Å². The highest BCUT2D eigenvalue weighted by atomic mass is 32.1. The molecular formula is C15H10FN3O4S. The second-order valence-electron chi connectivity index (χ2n) is 5.16. The number of imidazole rings is 1. The van der Waals surface area contributed by atoms with Crippen LogP contribution in [0.3, 0.4) is 0 Å². The second kappa shape index (κ2) is 4.84. The summed E-state index contributed by atoms with van der Waals surface area (Å²) >= 11 is 1.30. The monoisotopic (exact) mass is 347 g/mol. The highest BCUT2D eigenvalue weighted by Crippen LogP contribution is 2.42. The molecule has 9 heteroatoms. The molecule has 0 atom stereocenters. The molecule has 0 amide bonds. The lowest BCUT2D eigenvalue weighted by Gasteiger charge is -2.18. The summed E-state index contributed by atoms with van der Waals surface area (Å²) in [7, 11) is 1.55. The van der Waals surface area contributed by atoms with Crippen molar-refractivity contribution >= 4 is 27.3 Å². The fourth-order valence-electron chi connectivity index (χ4n) is 2.66. The summed E-state index contributed by atoms with van der Waals surface area (Å²) in [6.07, 6.45) is 1.70. The second-order valence-corrected chi connectivity index (χ2v) is 6.08. The normalized spacial score (nSPS) is 13.8. The molecule has 0 unspecified atom stereocenters. The predicted octanol–water partition coefficient (Wildman–Crippen LogP) is 3.12. The van der Waals surface area contributed by atoms with Crippen LogP contribution in [0.25, 0.3) is 27.4 Å². The van der Waals surface area contributed by atoms with E-state index in [1.54, 1.807) is 23.9 Å². The highest BCUT2D eigenvalue weighted by molar-refractivity contribution is 7.18. The van der Waals surface area contributed by atoms with Gasteiger partial charge >= 0.3 is 0 Å². The number of fused-ring (bicyclic) bond motifs is 4. The van der Waals surface area contributed by atoms with Crippen molar-refractivity contribution < 1.29 is 23.0 Å². The number of hydrogen-bond donors (Lipinski definition) is 0. The van der Waals surface area contributed by atoms with Crippen molar-refractivity contribution in [2.45, 2.75) is 0 Å². The van der Waals surface area contributed by atoms with Crippen molar-refractivity contribution in [3.63, 3.8) is 0 Å². The van der Waals surface area contributed by atoms with Gasteiger partial charge in [0.05, 0.1) is 18.7 Å². The number of furan rings is 1. The molecule has 3 aromatic heterocycles. The van der Waals surface area contributed by atoms with E-state index in [-0.39, 0.29) is 0 Å². The van der Waals surface area contributed by atoms with E-state index in [2.05, 4.69) is 10.1 Å². The third-order valence-electron chi connectivity index (χ3n) is 3.72. The fourth-order valence-corrected chi connectivity index (χ4v) is 3.36. The van der Waals surface area contributed by atoms with E-state index in [0.717, 1.165) is 0 Å². The van der Waals surface area contributed by atoms with E-state index in [4.69, 9.17) is 18.6 Å². The molecule has 4 aromatic rings. The topological polar surface area (TPSA) is 71.0 Å². The van der Waals surface area contributed by atoms with Crippen LogP contribution in [-0.2, 0) is 0 Å². The number of nitrogens with zero attached hydrogens (tertiary/aromatic N) is 3. The van der Waals surface area contributed by atoms with Crippen molar-refractivity contribution in [3.05, 3.63) is 24.1 Å². The van der Waals surface area contributed by atoms with Gasteiger partial charge in [-0.1, -0.05) is 0 Å². The Balaban J connectivity index is 1.68. The number of rotatable bonds is 2. The van der Waals surface area contributed by atoms with Crippen molar-refractivity contribution in [1.82, 2.24) is 14.6 Å². The van der Waals surface area contributed by atoms with Gasteiger partial charge in [0.15, 0.2) is 17.1 Å². The van der Waals surface area contributed by atoms with Crippen LogP contribution in [0.2, 0.25) is 0 Å². The smallest absolute Gasteiger partial charge is 0.294 e.